The number of aliphatic carboxylic acids is 1. The van der Waals surface area contributed by atoms with Gasteiger partial charge in [-0.3, -0.25) is 9.78 Å². The summed E-state index contributed by atoms with van der Waals surface area (Å²) < 4.78 is 48.9. The predicted octanol–water partition coefficient (Wildman–Crippen LogP) is 2.99. The third-order valence-electron chi connectivity index (χ3n) is 5.43. The summed E-state index contributed by atoms with van der Waals surface area (Å²) in [5.74, 6) is -2.54. The number of ether oxygens (including phenoxy) is 2. The van der Waals surface area contributed by atoms with Crippen LogP contribution >= 0.6 is 0 Å². The van der Waals surface area contributed by atoms with Crippen LogP contribution in [0.2, 0.25) is 0 Å². The highest BCUT2D eigenvalue weighted by molar-refractivity contribution is 5.91. The zero-order chi connectivity index (χ0) is 24.1. The first kappa shape index (κ1) is 24.6. The Bertz CT molecular complexity index is 942. The van der Waals surface area contributed by atoms with Gasteiger partial charge in [0.25, 0.3) is 5.91 Å². The minimum Gasteiger partial charge on any atom is -0.475 e. The van der Waals surface area contributed by atoms with E-state index in [0.717, 1.165) is 30.5 Å². The van der Waals surface area contributed by atoms with Gasteiger partial charge < -0.3 is 24.0 Å². The maximum atomic E-state index is 12.5. The van der Waals surface area contributed by atoms with Crippen LogP contribution in [-0.2, 0) is 20.9 Å². The maximum Gasteiger partial charge on any atom is 0.490 e. The lowest BCUT2D eigenvalue weighted by Crippen LogP contribution is -2.46. The van der Waals surface area contributed by atoms with Crippen molar-refractivity contribution in [3.63, 3.8) is 0 Å². The van der Waals surface area contributed by atoms with Gasteiger partial charge in [-0.2, -0.15) is 13.2 Å². The molecule has 0 bridgehead atoms. The number of nitrogens with zero attached hydrogens (tertiary/aromatic N) is 3. The van der Waals surface area contributed by atoms with E-state index in [-0.39, 0.29) is 17.6 Å². The van der Waals surface area contributed by atoms with E-state index in [1.54, 1.807) is 12.3 Å². The normalized spacial score (nSPS) is 19.8. The molecular weight excluding hydrogens is 447 g/mol. The average Bonchev–Trinajstić information content (AvgIpc) is 3.39. The maximum absolute atomic E-state index is 12.5. The van der Waals surface area contributed by atoms with Gasteiger partial charge in [0.15, 0.2) is 0 Å². The highest BCUT2D eigenvalue weighted by atomic mass is 19.4. The summed E-state index contributed by atoms with van der Waals surface area (Å²) in [7, 11) is 0. The summed E-state index contributed by atoms with van der Waals surface area (Å²) in [5.41, 5.74) is 1.61. The van der Waals surface area contributed by atoms with E-state index in [1.165, 1.54) is 0 Å². The minimum atomic E-state index is -5.08. The van der Waals surface area contributed by atoms with Crippen LogP contribution in [0.1, 0.15) is 41.1 Å². The number of aromatic nitrogens is 2. The van der Waals surface area contributed by atoms with Gasteiger partial charge in [-0.25, -0.2) is 4.79 Å². The zero-order valence-electron chi connectivity index (χ0n) is 17.9. The second-order valence-corrected chi connectivity index (χ2v) is 7.92. The molecule has 9 nitrogen and oxygen atoms in total. The fraction of sp³-hybridized carbons (Fsp3) is 0.524. The van der Waals surface area contributed by atoms with Gasteiger partial charge in [-0.15, -0.1) is 0 Å². The number of halogens is 3. The van der Waals surface area contributed by atoms with Gasteiger partial charge >= 0.3 is 12.1 Å². The lowest BCUT2D eigenvalue weighted by molar-refractivity contribution is -0.192. The summed E-state index contributed by atoms with van der Waals surface area (Å²) in [6, 6.07) is 5.60. The number of likely N-dealkylation sites (tertiary alicyclic amines) is 1. The second-order valence-electron chi connectivity index (χ2n) is 7.92. The van der Waals surface area contributed by atoms with Crippen LogP contribution in [0.25, 0.3) is 0 Å². The molecule has 0 aliphatic carbocycles. The van der Waals surface area contributed by atoms with E-state index in [9.17, 15) is 18.0 Å². The Morgan fingerprint density at radius 2 is 2.03 bits per heavy atom. The van der Waals surface area contributed by atoms with Gasteiger partial charge in [0, 0.05) is 38.0 Å². The third kappa shape index (κ3) is 6.75. The van der Waals surface area contributed by atoms with E-state index in [4.69, 9.17) is 23.9 Å². The van der Waals surface area contributed by atoms with Crippen LogP contribution in [-0.4, -0.2) is 69.6 Å². The number of carboxylic acids is 1. The predicted molar refractivity (Wildman–Crippen MR) is 106 cm³/mol. The molecule has 1 N–H and O–H groups in total. The Hall–Kier alpha value is -2.99. The first-order chi connectivity index (χ1) is 15.6. The van der Waals surface area contributed by atoms with Crippen LogP contribution in [0, 0.1) is 6.92 Å². The van der Waals surface area contributed by atoms with Crippen LogP contribution in [0.15, 0.2) is 35.1 Å². The molecule has 2 aromatic rings. The molecule has 180 valence electrons. The van der Waals surface area contributed by atoms with Crippen molar-refractivity contribution in [2.45, 2.75) is 50.7 Å². The van der Waals surface area contributed by atoms with E-state index in [2.05, 4.69) is 10.1 Å². The number of aryl methyl sites for hydroxylation is 1. The number of pyridine rings is 1. The summed E-state index contributed by atoms with van der Waals surface area (Å²) in [5, 5.41) is 10.9. The van der Waals surface area contributed by atoms with Crippen molar-refractivity contribution < 1.29 is 41.9 Å². The molecule has 0 aromatic carbocycles. The molecule has 2 aliphatic rings. The number of alkyl halides is 3. The molecule has 4 heterocycles. The molecule has 4 rings (SSSR count). The van der Waals surface area contributed by atoms with Crippen molar-refractivity contribution in [2.24, 2.45) is 0 Å². The number of carbonyl (C=O) groups excluding carboxylic acids is 1. The summed E-state index contributed by atoms with van der Waals surface area (Å²) in [4.78, 5) is 27.3. The van der Waals surface area contributed by atoms with Crippen molar-refractivity contribution in [1.29, 1.82) is 0 Å². The largest absolute Gasteiger partial charge is 0.490 e. The number of rotatable bonds is 4. The van der Waals surface area contributed by atoms with E-state index < -0.39 is 12.1 Å². The standard InChI is InChI=1S/C19H23N3O4.C2HF3O2/c1-14-9-17(26-21-14)18(23)22-7-4-19(5-8-22)10-16(13-25-19)24-12-15-3-2-6-20-11-15;3-2(4,5)1(6)7/h2-3,6,9,11,16H,4-5,7-8,10,12-13H2,1H3;(H,6,7). The molecule has 1 spiro atoms. The molecule has 1 amide bonds. The lowest BCUT2D eigenvalue weighted by Gasteiger charge is -2.38. The Morgan fingerprint density at radius 1 is 1.33 bits per heavy atom. The Balaban J connectivity index is 0.000000383. The quantitative estimate of drug-likeness (QED) is 0.724. The van der Waals surface area contributed by atoms with Crippen LogP contribution < -0.4 is 0 Å². The summed E-state index contributed by atoms with van der Waals surface area (Å²) in [6.45, 7) is 4.29. The van der Waals surface area contributed by atoms with Crippen molar-refractivity contribution in [3.05, 3.63) is 47.6 Å². The molecule has 1 atom stereocenters. The number of piperidine rings is 1. The zero-order valence-corrected chi connectivity index (χ0v) is 17.9. The SMILES string of the molecule is Cc1cc(C(=O)N2CCC3(CC2)CC(OCc2cccnc2)CO3)on1.O=C(O)C(F)(F)F. The van der Waals surface area contributed by atoms with Crippen LogP contribution in [0.5, 0.6) is 0 Å². The molecule has 0 saturated carbocycles. The van der Waals surface area contributed by atoms with Crippen LogP contribution in [0.3, 0.4) is 0 Å². The van der Waals surface area contributed by atoms with E-state index >= 15 is 0 Å². The van der Waals surface area contributed by atoms with Crippen molar-refractivity contribution in [1.82, 2.24) is 15.0 Å². The topological polar surface area (TPSA) is 115 Å². The van der Waals surface area contributed by atoms with Gasteiger partial charge in [0.1, 0.15) is 0 Å². The molecule has 33 heavy (non-hydrogen) atoms. The number of carboxylic acid groups (broad SMARTS) is 1. The Morgan fingerprint density at radius 3 is 2.58 bits per heavy atom. The highest BCUT2D eigenvalue weighted by Gasteiger charge is 2.44. The fourth-order valence-electron chi connectivity index (χ4n) is 3.69. The number of amides is 1. The molecule has 1 unspecified atom stereocenters. The fourth-order valence-corrected chi connectivity index (χ4v) is 3.69. The van der Waals surface area contributed by atoms with Crippen molar-refractivity contribution in [3.8, 4) is 0 Å². The highest BCUT2D eigenvalue weighted by Crippen LogP contribution is 2.37. The number of hydrogen-bond donors (Lipinski definition) is 1. The van der Waals surface area contributed by atoms with Gasteiger partial charge in [0.05, 0.1) is 30.6 Å². The average molecular weight is 471 g/mol. The molecule has 2 fully saturated rings. The van der Waals surface area contributed by atoms with Gasteiger partial charge in [-0.05, 0) is 31.4 Å². The molecule has 2 saturated heterocycles. The second kappa shape index (κ2) is 10.3. The van der Waals surface area contributed by atoms with E-state index in [1.807, 2.05) is 30.2 Å². The number of carbonyl (C=O) groups is 2. The number of hydrogen-bond acceptors (Lipinski definition) is 7. The summed E-state index contributed by atoms with van der Waals surface area (Å²) in [6.07, 6.45) is 1.09. The molecule has 2 aliphatic heterocycles. The van der Waals surface area contributed by atoms with E-state index in [0.29, 0.717) is 32.1 Å². The van der Waals surface area contributed by atoms with Crippen molar-refractivity contribution >= 4 is 11.9 Å². The first-order valence-electron chi connectivity index (χ1n) is 10.3. The monoisotopic (exact) mass is 471 g/mol. The first-order valence-corrected chi connectivity index (χ1v) is 10.3. The Kier molecular flexibility index (Phi) is 7.69. The molecule has 12 heteroatoms. The third-order valence-corrected chi connectivity index (χ3v) is 5.43. The Labute approximate surface area is 187 Å². The molecular formula is C21H24F3N3O6. The smallest absolute Gasteiger partial charge is 0.475 e. The van der Waals surface area contributed by atoms with Gasteiger partial charge in [-0.1, -0.05) is 11.2 Å². The summed E-state index contributed by atoms with van der Waals surface area (Å²) >= 11 is 0. The van der Waals surface area contributed by atoms with Crippen LogP contribution in [0.4, 0.5) is 13.2 Å². The van der Waals surface area contributed by atoms with Gasteiger partial charge in [0.2, 0.25) is 5.76 Å². The lowest BCUT2D eigenvalue weighted by atomic mass is 9.88. The van der Waals surface area contributed by atoms with Crippen molar-refractivity contribution in [2.75, 3.05) is 19.7 Å². The molecule has 2 aromatic heterocycles. The minimum absolute atomic E-state index is 0.0920. The molecule has 0 radical (unpaired) electrons.